The summed E-state index contributed by atoms with van der Waals surface area (Å²) in [4.78, 5) is 45.7. The number of carbonyl (C=O) groups is 4. The van der Waals surface area contributed by atoms with E-state index < -0.39 is 36.1 Å². The van der Waals surface area contributed by atoms with Crippen LogP contribution in [0.4, 0.5) is 0 Å². The van der Waals surface area contributed by atoms with E-state index in [1.165, 1.54) is 0 Å². The quantitative estimate of drug-likeness (QED) is 0.138. The number of carboxylic acids is 2. The Kier molecular flexibility index (Phi) is 18.3. The maximum absolute atomic E-state index is 11.9. The van der Waals surface area contributed by atoms with Gasteiger partial charge < -0.3 is 28.7 Å². The fourth-order valence-corrected chi connectivity index (χ4v) is 2.44. The van der Waals surface area contributed by atoms with Gasteiger partial charge >= 0.3 is 99.4 Å². The Labute approximate surface area is 237 Å². The second kappa shape index (κ2) is 15.8. The van der Waals surface area contributed by atoms with Crippen molar-refractivity contribution in [2.24, 2.45) is 0 Å². The minimum absolute atomic E-state index is 0. The molecule has 0 aliphatic heterocycles. The molecule has 2 N–H and O–H groups in total. The summed E-state index contributed by atoms with van der Waals surface area (Å²) in [6, 6.07) is 0. The summed E-state index contributed by atoms with van der Waals surface area (Å²) in [6.45, 7) is 0.557. The zero-order valence-electron chi connectivity index (χ0n) is 17.4. The summed E-state index contributed by atoms with van der Waals surface area (Å²) in [5.74, 6) is -3.96. The number of esters is 2. The molecule has 0 fully saturated rings. The van der Waals surface area contributed by atoms with Crippen molar-refractivity contribution in [2.45, 2.75) is 25.0 Å². The van der Waals surface area contributed by atoms with Gasteiger partial charge in [-0.15, -0.1) is 0 Å². The van der Waals surface area contributed by atoms with E-state index in [-0.39, 0.29) is 101 Å². The molecule has 0 aliphatic carbocycles. The average molecular weight is 489 g/mol. The Bertz CT molecular complexity index is 560. The predicted octanol–water partition coefficient (Wildman–Crippen LogP) is -2.10. The van der Waals surface area contributed by atoms with Crippen LogP contribution in [0.15, 0.2) is 12.2 Å². The standard InChI is InChI=1S/C18H30N2O8.2Ca.4H/c1-19(2,3)11-13(9-15(21)22)27-17(25)7-8-18(26)28-14(10-16(23)24)12-20(4,5)6;;;;;;/h7-8,13-14H,9-12H2,1-6H3;;;;;;/p+2/b8-7+;;;;;;/t13-,14-;;;;;;/m1....../s1. The number of carboxylic acid groups (broad SMARTS) is 2. The van der Waals surface area contributed by atoms with E-state index in [0.717, 1.165) is 12.2 Å². The van der Waals surface area contributed by atoms with E-state index in [4.69, 9.17) is 19.7 Å². The number of nitrogens with zero attached hydrogens (tertiary/aromatic N) is 2. The van der Waals surface area contributed by atoms with E-state index >= 15 is 0 Å². The normalized spacial score (nSPS) is 13.4. The van der Waals surface area contributed by atoms with Crippen LogP contribution < -0.4 is 0 Å². The molecule has 0 saturated carbocycles. The third kappa shape index (κ3) is 21.3. The Morgan fingerprint density at radius 3 is 1.17 bits per heavy atom. The summed E-state index contributed by atoms with van der Waals surface area (Å²) < 4.78 is 11.0. The van der Waals surface area contributed by atoms with Crippen LogP contribution in [0.5, 0.6) is 0 Å². The molecule has 2 atom stereocenters. The summed E-state index contributed by atoms with van der Waals surface area (Å²) in [7, 11) is 11.0. The van der Waals surface area contributed by atoms with Crippen molar-refractivity contribution >= 4 is 99.4 Å². The van der Waals surface area contributed by atoms with Crippen LogP contribution in [0.25, 0.3) is 0 Å². The first-order chi connectivity index (χ1) is 12.6. The molecule has 0 spiro atoms. The van der Waals surface area contributed by atoms with E-state index in [1.54, 1.807) is 0 Å². The van der Waals surface area contributed by atoms with Crippen molar-refractivity contribution in [1.82, 2.24) is 0 Å². The van der Waals surface area contributed by atoms with Crippen LogP contribution in [0.3, 0.4) is 0 Å². The van der Waals surface area contributed by atoms with Crippen molar-refractivity contribution in [3.63, 3.8) is 0 Å². The topological polar surface area (TPSA) is 127 Å². The van der Waals surface area contributed by atoms with Gasteiger partial charge in [-0.3, -0.25) is 9.59 Å². The molecule has 0 aromatic heterocycles. The SMILES string of the molecule is C[N+](C)(C)C[C@@H](CC(=O)O)OC(=O)/C=C/C(=O)O[C@H](CC(=O)O)C[N+](C)(C)C.[CaH2].[CaH2]. The Hall–Kier alpha value is 0.0595. The van der Waals surface area contributed by atoms with Gasteiger partial charge in [0.1, 0.15) is 13.1 Å². The second-order valence-electron chi connectivity index (χ2n) is 8.59. The van der Waals surface area contributed by atoms with Crippen molar-refractivity contribution in [1.29, 1.82) is 0 Å². The van der Waals surface area contributed by atoms with Crippen LogP contribution in [-0.4, -0.2) is 186 Å². The van der Waals surface area contributed by atoms with Gasteiger partial charge in [-0.05, 0) is 0 Å². The van der Waals surface area contributed by atoms with Gasteiger partial charge in [-0.25, -0.2) is 9.59 Å². The van der Waals surface area contributed by atoms with Crippen molar-refractivity contribution in [3.8, 4) is 0 Å². The first kappa shape index (κ1) is 34.7. The number of hydrogen-bond donors (Lipinski definition) is 2. The number of likely N-dealkylation sites (N-methyl/N-ethyl adjacent to an activating group) is 2. The van der Waals surface area contributed by atoms with Gasteiger partial charge in [0.05, 0.1) is 55.1 Å². The summed E-state index contributed by atoms with van der Waals surface area (Å²) >= 11 is 0. The first-order valence-electron chi connectivity index (χ1n) is 8.71. The summed E-state index contributed by atoms with van der Waals surface area (Å²) in [6.07, 6.45) is -0.743. The number of aliphatic carboxylic acids is 2. The third-order valence-corrected chi connectivity index (χ3v) is 3.23. The first-order valence-corrected chi connectivity index (χ1v) is 8.71. The molecule has 0 radical (unpaired) electrons. The van der Waals surface area contributed by atoms with E-state index in [2.05, 4.69) is 0 Å². The summed E-state index contributed by atoms with van der Waals surface area (Å²) in [5, 5.41) is 17.9. The third-order valence-electron chi connectivity index (χ3n) is 3.23. The molecule has 0 aromatic rings. The summed E-state index contributed by atoms with van der Waals surface area (Å²) in [5.41, 5.74) is 0. The molecule has 168 valence electrons. The minimum atomic E-state index is -1.11. The van der Waals surface area contributed by atoms with Gasteiger partial charge in [0.2, 0.25) is 0 Å². The van der Waals surface area contributed by atoms with Crippen LogP contribution in [0.2, 0.25) is 0 Å². The molecule has 0 bridgehead atoms. The molecule has 10 nitrogen and oxygen atoms in total. The molecule has 0 rings (SSSR count). The van der Waals surface area contributed by atoms with Gasteiger partial charge in [0.25, 0.3) is 0 Å². The Balaban J connectivity index is -0.00000364. The number of ether oxygens (including phenoxy) is 2. The number of carbonyl (C=O) groups excluding carboxylic acids is 2. The zero-order valence-corrected chi connectivity index (χ0v) is 17.4. The number of rotatable bonds is 12. The van der Waals surface area contributed by atoms with Gasteiger partial charge in [0.15, 0.2) is 12.2 Å². The van der Waals surface area contributed by atoms with Crippen LogP contribution in [0.1, 0.15) is 12.8 Å². The Morgan fingerprint density at radius 1 is 0.700 bits per heavy atom. The number of hydrogen-bond acceptors (Lipinski definition) is 6. The van der Waals surface area contributed by atoms with Crippen molar-refractivity contribution in [2.75, 3.05) is 55.4 Å². The molecule has 12 heteroatoms. The fourth-order valence-electron chi connectivity index (χ4n) is 2.44. The predicted molar refractivity (Wildman–Crippen MR) is 116 cm³/mol. The molecular formula is C18H36Ca2N2O8+2. The molecule has 0 amide bonds. The van der Waals surface area contributed by atoms with Crippen LogP contribution >= 0.6 is 0 Å². The Morgan fingerprint density at radius 2 is 0.967 bits per heavy atom. The molecule has 0 aromatic carbocycles. The monoisotopic (exact) mass is 488 g/mol. The second-order valence-corrected chi connectivity index (χ2v) is 8.59. The molecule has 30 heavy (non-hydrogen) atoms. The van der Waals surface area contributed by atoms with Crippen LogP contribution in [0, 0.1) is 0 Å². The van der Waals surface area contributed by atoms with Crippen molar-refractivity contribution < 1.29 is 47.8 Å². The van der Waals surface area contributed by atoms with Crippen LogP contribution in [-0.2, 0) is 28.7 Å². The van der Waals surface area contributed by atoms with Crippen molar-refractivity contribution in [3.05, 3.63) is 12.2 Å². The van der Waals surface area contributed by atoms with E-state index in [0.29, 0.717) is 8.97 Å². The average Bonchev–Trinajstić information content (AvgIpc) is 2.39. The van der Waals surface area contributed by atoms with Gasteiger partial charge in [-0.1, -0.05) is 0 Å². The maximum atomic E-state index is 11.9. The molecule has 0 heterocycles. The zero-order chi connectivity index (χ0) is 22.1. The molecule has 0 aliphatic rings. The molecule has 0 unspecified atom stereocenters. The van der Waals surface area contributed by atoms with E-state index in [9.17, 15) is 19.2 Å². The number of quaternary nitrogens is 2. The van der Waals surface area contributed by atoms with Gasteiger partial charge in [0, 0.05) is 12.2 Å². The fraction of sp³-hybridized carbons (Fsp3) is 0.667. The van der Waals surface area contributed by atoms with E-state index in [1.807, 2.05) is 42.3 Å². The van der Waals surface area contributed by atoms with Gasteiger partial charge in [-0.2, -0.15) is 0 Å². The molecule has 0 saturated heterocycles. The molecular weight excluding hydrogens is 452 g/mol.